The lowest BCUT2D eigenvalue weighted by Crippen LogP contribution is -2.02. The van der Waals surface area contributed by atoms with Crippen molar-refractivity contribution >= 4 is 21.7 Å². The summed E-state index contributed by atoms with van der Waals surface area (Å²) in [6.07, 6.45) is 0. The van der Waals surface area contributed by atoms with Crippen LogP contribution in [0.1, 0.15) is 29.0 Å². The van der Waals surface area contributed by atoms with Gasteiger partial charge in [0.25, 0.3) is 5.89 Å². The van der Waals surface area contributed by atoms with Gasteiger partial charge in [-0.1, -0.05) is 21.1 Å². The third kappa shape index (κ3) is 2.95. The molecule has 0 aliphatic heterocycles. The van der Waals surface area contributed by atoms with E-state index in [1.807, 2.05) is 0 Å². The van der Waals surface area contributed by atoms with E-state index in [4.69, 9.17) is 9.26 Å². The second kappa shape index (κ2) is 5.30. The topological polar surface area (TPSA) is 65.2 Å². The molecule has 0 fully saturated rings. The molecule has 0 amide bonds. The standard InChI is InChI=1S/C12H11BrN2O3/c1-7(16)10-4-3-9(13)5-11(10)17-6-12-14-8(2)15-18-12/h3-5H,6H2,1-2H3. The van der Waals surface area contributed by atoms with Crippen LogP contribution in [0, 0.1) is 6.92 Å². The Bertz CT molecular complexity index is 580. The Labute approximate surface area is 112 Å². The van der Waals surface area contributed by atoms with Gasteiger partial charge in [-0.2, -0.15) is 4.98 Å². The third-order valence-electron chi connectivity index (χ3n) is 2.24. The molecule has 2 aromatic rings. The van der Waals surface area contributed by atoms with Gasteiger partial charge in [0, 0.05) is 4.47 Å². The Balaban J connectivity index is 2.17. The van der Waals surface area contributed by atoms with E-state index in [0.29, 0.717) is 23.0 Å². The molecule has 0 radical (unpaired) electrons. The average Bonchev–Trinajstić information content (AvgIpc) is 2.72. The predicted molar refractivity (Wildman–Crippen MR) is 67.5 cm³/mol. The Morgan fingerprint density at radius 3 is 2.89 bits per heavy atom. The number of halogens is 1. The molecule has 0 N–H and O–H groups in total. The molecular formula is C12H11BrN2O3. The van der Waals surface area contributed by atoms with Gasteiger partial charge in [0.2, 0.25) is 0 Å². The van der Waals surface area contributed by atoms with Crippen molar-refractivity contribution in [2.75, 3.05) is 0 Å². The minimum atomic E-state index is -0.0563. The highest BCUT2D eigenvalue weighted by atomic mass is 79.9. The van der Waals surface area contributed by atoms with Crippen molar-refractivity contribution in [3.8, 4) is 5.75 Å². The molecule has 94 valence electrons. The summed E-state index contributed by atoms with van der Waals surface area (Å²) in [5.41, 5.74) is 0.523. The second-order valence-corrected chi connectivity index (χ2v) is 4.64. The first kappa shape index (κ1) is 12.8. The van der Waals surface area contributed by atoms with Gasteiger partial charge in [0.05, 0.1) is 5.56 Å². The maximum absolute atomic E-state index is 11.4. The molecule has 1 aromatic carbocycles. The number of aromatic nitrogens is 2. The van der Waals surface area contributed by atoms with E-state index >= 15 is 0 Å². The van der Waals surface area contributed by atoms with Gasteiger partial charge < -0.3 is 9.26 Å². The van der Waals surface area contributed by atoms with Gasteiger partial charge in [-0.15, -0.1) is 0 Å². The molecule has 0 atom stereocenters. The number of rotatable bonds is 4. The van der Waals surface area contributed by atoms with E-state index in [-0.39, 0.29) is 12.4 Å². The third-order valence-corrected chi connectivity index (χ3v) is 2.74. The summed E-state index contributed by atoms with van der Waals surface area (Å²) < 4.78 is 11.3. The van der Waals surface area contributed by atoms with Crippen molar-refractivity contribution in [3.05, 3.63) is 40.0 Å². The van der Waals surface area contributed by atoms with Crippen molar-refractivity contribution in [1.29, 1.82) is 0 Å². The number of carbonyl (C=O) groups excluding carboxylic acids is 1. The van der Waals surface area contributed by atoms with Crippen LogP contribution < -0.4 is 4.74 Å². The maximum atomic E-state index is 11.4. The lowest BCUT2D eigenvalue weighted by atomic mass is 10.1. The molecule has 0 saturated carbocycles. The summed E-state index contributed by atoms with van der Waals surface area (Å²) in [6, 6.07) is 5.24. The number of ketones is 1. The van der Waals surface area contributed by atoms with Crippen molar-refractivity contribution in [1.82, 2.24) is 10.1 Å². The number of aryl methyl sites for hydroxylation is 1. The first-order chi connectivity index (χ1) is 8.56. The highest BCUT2D eigenvalue weighted by Crippen LogP contribution is 2.24. The van der Waals surface area contributed by atoms with E-state index in [2.05, 4.69) is 26.1 Å². The van der Waals surface area contributed by atoms with Gasteiger partial charge in [0.1, 0.15) is 5.75 Å². The van der Waals surface area contributed by atoms with E-state index in [1.165, 1.54) is 6.92 Å². The molecule has 1 heterocycles. The SMILES string of the molecule is CC(=O)c1ccc(Br)cc1OCc1nc(C)no1. The monoisotopic (exact) mass is 310 g/mol. The summed E-state index contributed by atoms with van der Waals surface area (Å²) in [5, 5.41) is 3.66. The summed E-state index contributed by atoms with van der Waals surface area (Å²) >= 11 is 3.33. The Kier molecular flexibility index (Phi) is 3.76. The van der Waals surface area contributed by atoms with Crippen LogP contribution in [0.2, 0.25) is 0 Å². The molecule has 1 aromatic heterocycles. The van der Waals surface area contributed by atoms with Crippen LogP contribution >= 0.6 is 15.9 Å². The van der Waals surface area contributed by atoms with Crippen LogP contribution in [0.25, 0.3) is 0 Å². The smallest absolute Gasteiger partial charge is 0.264 e. The lowest BCUT2D eigenvalue weighted by molar-refractivity contribution is 0.101. The van der Waals surface area contributed by atoms with Gasteiger partial charge >= 0.3 is 0 Å². The van der Waals surface area contributed by atoms with Crippen LogP contribution in [0.3, 0.4) is 0 Å². The van der Waals surface area contributed by atoms with Crippen LogP contribution in [0.4, 0.5) is 0 Å². The van der Waals surface area contributed by atoms with E-state index in [9.17, 15) is 4.79 Å². The van der Waals surface area contributed by atoms with Gasteiger partial charge in [0.15, 0.2) is 18.2 Å². The fourth-order valence-electron chi connectivity index (χ4n) is 1.44. The van der Waals surface area contributed by atoms with Crippen molar-refractivity contribution < 1.29 is 14.1 Å². The second-order valence-electron chi connectivity index (χ2n) is 3.72. The van der Waals surface area contributed by atoms with Crippen LogP contribution in [-0.4, -0.2) is 15.9 Å². The zero-order chi connectivity index (χ0) is 13.1. The van der Waals surface area contributed by atoms with E-state index < -0.39 is 0 Å². The van der Waals surface area contributed by atoms with Gasteiger partial charge in [-0.05, 0) is 32.0 Å². The molecule has 0 unspecified atom stereocenters. The van der Waals surface area contributed by atoms with Crippen LogP contribution in [-0.2, 0) is 6.61 Å². The predicted octanol–water partition coefficient (Wildman–Crippen LogP) is 2.92. The average molecular weight is 311 g/mol. The summed E-state index contributed by atoms with van der Waals surface area (Å²) in [7, 11) is 0. The molecule has 0 aliphatic rings. The largest absolute Gasteiger partial charge is 0.483 e. The molecule has 6 heteroatoms. The lowest BCUT2D eigenvalue weighted by Gasteiger charge is -2.08. The van der Waals surface area contributed by atoms with Gasteiger partial charge in [-0.3, -0.25) is 4.79 Å². The molecule has 2 rings (SSSR count). The van der Waals surface area contributed by atoms with Crippen LogP contribution in [0.15, 0.2) is 27.2 Å². The Hall–Kier alpha value is -1.69. The van der Waals surface area contributed by atoms with Gasteiger partial charge in [-0.25, -0.2) is 0 Å². The molecule has 0 bridgehead atoms. The van der Waals surface area contributed by atoms with Crippen molar-refractivity contribution in [2.45, 2.75) is 20.5 Å². The zero-order valence-electron chi connectivity index (χ0n) is 9.94. The maximum Gasteiger partial charge on any atom is 0.264 e. The molecule has 0 aliphatic carbocycles. The molecular weight excluding hydrogens is 300 g/mol. The first-order valence-corrected chi connectivity index (χ1v) is 6.08. The first-order valence-electron chi connectivity index (χ1n) is 5.29. The minimum absolute atomic E-state index is 0.0563. The van der Waals surface area contributed by atoms with E-state index in [0.717, 1.165) is 4.47 Å². The number of hydrogen-bond acceptors (Lipinski definition) is 5. The Morgan fingerprint density at radius 2 is 2.28 bits per heavy atom. The molecule has 5 nitrogen and oxygen atoms in total. The minimum Gasteiger partial charge on any atom is -0.483 e. The highest BCUT2D eigenvalue weighted by Gasteiger charge is 2.11. The van der Waals surface area contributed by atoms with Crippen molar-refractivity contribution in [2.24, 2.45) is 0 Å². The number of carbonyl (C=O) groups is 1. The fraction of sp³-hybridized carbons (Fsp3) is 0.250. The number of benzene rings is 1. The number of ether oxygens (including phenoxy) is 1. The summed E-state index contributed by atoms with van der Waals surface area (Å²) in [6.45, 7) is 3.36. The molecule has 18 heavy (non-hydrogen) atoms. The normalized spacial score (nSPS) is 10.4. The highest BCUT2D eigenvalue weighted by molar-refractivity contribution is 9.10. The zero-order valence-corrected chi connectivity index (χ0v) is 11.5. The summed E-state index contributed by atoms with van der Waals surface area (Å²) in [4.78, 5) is 15.5. The Morgan fingerprint density at radius 1 is 1.50 bits per heavy atom. The number of Topliss-reactive ketones (excluding diaryl/α,β-unsaturated/α-hetero) is 1. The quantitative estimate of drug-likeness (QED) is 0.812. The summed E-state index contributed by atoms with van der Waals surface area (Å²) in [5.74, 6) is 1.36. The fourth-order valence-corrected chi connectivity index (χ4v) is 1.78. The number of nitrogens with zero attached hydrogens (tertiary/aromatic N) is 2. The van der Waals surface area contributed by atoms with E-state index in [1.54, 1.807) is 25.1 Å². The molecule has 0 saturated heterocycles. The van der Waals surface area contributed by atoms with Crippen molar-refractivity contribution in [3.63, 3.8) is 0 Å². The molecule has 0 spiro atoms. The van der Waals surface area contributed by atoms with Crippen LogP contribution in [0.5, 0.6) is 5.75 Å². The number of hydrogen-bond donors (Lipinski definition) is 0.